The third-order valence-electron chi connectivity index (χ3n) is 1.91. The number of thiazole rings is 1. The highest BCUT2D eigenvalue weighted by Crippen LogP contribution is 2.29. The number of aromatic nitrogens is 3. The third-order valence-corrected chi connectivity index (χ3v) is 4.77. The third kappa shape index (κ3) is 4.44. The summed E-state index contributed by atoms with van der Waals surface area (Å²) in [6.07, 6.45) is 0. The Kier molecular flexibility index (Phi) is 5.11. The van der Waals surface area contributed by atoms with E-state index in [2.05, 4.69) is 25.8 Å². The number of carbonyl (C=O) groups is 1. The molecule has 0 bridgehead atoms. The second kappa shape index (κ2) is 6.83. The summed E-state index contributed by atoms with van der Waals surface area (Å²) >= 11 is 4.54. The van der Waals surface area contributed by atoms with Crippen LogP contribution in [0.25, 0.3) is 0 Å². The summed E-state index contributed by atoms with van der Waals surface area (Å²) in [5.74, 6) is 0.615. The van der Waals surface area contributed by atoms with Crippen LogP contribution in [0.1, 0.15) is 19.5 Å². The van der Waals surface area contributed by atoms with E-state index in [-0.39, 0.29) is 5.91 Å². The van der Waals surface area contributed by atoms with Gasteiger partial charge in [-0.1, -0.05) is 23.1 Å². The first kappa shape index (κ1) is 14.2. The van der Waals surface area contributed by atoms with Gasteiger partial charge < -0.3 is 10.6 Å². The van der Waals surface area contributed by atoms with E-state index in [9.17, 15) is 4.79 Å². The van der Waals surface area contributed by atoms with Crippen molar-refractivity contribution in [3.8, 4) is 0 Å². The zero-order valence-corrected chi connectivity index (χ0v) is 12.9. The molecular formula is C10H13N5OS3. The Morgan fingerprint density at radius 1 is 1.42 bits per heavy atom. The molecule has 2 aromatic heterocycles. The SMILES string of the molecule is CCNc1nnc(SCc2csc(NC(C)=O)n2)s1. The molecule has 1 amide bonds. The zero-order valence-electron chi connectivity index (χ0n) is 10.5. The normalized spacial score (nSPS) is 10.4. The highest BCUT2D eigenvalue weighted by molar-refractivity contribution is 8.00. The molecule has 2 aromatic rings. The van der Waals surface area contributed by atoms with Crippen molar-refractivity contribution < 1.29 is 4.79 Å². The van der Waals surface area contributed by atoms with Crippen LogP contribution in [0, 0.1) is 0 Å². The number of hydrogen-bond donors (Lipinski definition) is 2. The van der Waals surface area contributed by atoms with Gasteiger partial charge in [-0.05, 0) is 6.92 Å². The Morgan fingerprint density at radius 3 is 3.00 bits per heavy atom. The molecule has 102 valence electrons. The van der Waals surface area contributed by atoms with E-state index >= 15 is 0 Å². The summed E-state index contributed by atoms with van der Waals surface area (Å²) in [6, 6.07) is 0. The van der Waals surface area contributed by atoms with Crippen molar-refractivity contribution in [2.45, 2.75) is 23.9 Å². The maximum Gasteiger partial charge on any atom is 0.223 e. The molecule has 0 aromatic carbocycles. The minimum Gasteiger partial charge on any atom is -0.360 e. The second-order valence-electron chi connectivity index (χ2n) is 3.52. The summed E-state index contributed by atoms with van der Waals surface area (Å²) < 4.78 is 0.907. The van der Waals surface area contributed by atoms with Gasteiger partial charge in [0.2, 0.25) is 11.0 Å². The fourth-order valence-corrected chi connectivity index (χ4v) is 3.78. The smallest absolute Gasteiger partial charge is 0.223 e. The van der Waals surface area contributed by atoms with Crippen molar-refractivity contribution in [1.29, 1.82) is 0 Å². The van der Waals surface area contributed by atoms with Crippen LogP contribution in [0.4, 0.5) is 10.3 Å². The second-order valence-corrected chi connectivity index (χ2v) is 6.58. The van der Waals surface area contributed by atoms with Gasteiger partial charge in [0, 0.05) is 24.6 Å². The molecule has 0 radical (unpaired) electrons. The molecular weight excluding hydrogens is 302 g/mol. The van der Waals surface area contributed by atoms with Gasteiger partial charge in [-0.25, -0.2) is 4.98 Å². The number of thioether (sulfide) groups is 1. The fourth-order valence-electron chi connectivity index (χ4n) is 1.21. The summed E-state index contributed by atoms with van der Waals surface area (Å²) in [4.78, 5) is 15.2. The molecule has 0 spiro atoms. The largest absolute Gasteiger partial charge is 0.360 e. The number of nitrogens with one attached hydrogen (secondary N) is 2. The average molecular weight is 315 g/mol. The lowest BCUT2D eigenvalue weighted by molar-refractivity contribution is -0.114. The van der Waals surface area contributed by atoms with Gasteiger partial charge in [-0.15, -0.1) is 21.5 Å². The molecule has 0 aliphatic rings. The highest BCUT2D eigenvalue weighted by atomic mass is 32.2. The zero-order chi connectivity index (χ0) is 13.7. The number of amides is 1. The number of rotatable bonds is 6. The maximum atomic E-state index is 10.9. The predicted molar refractivity (Wildman–Crippen MR) is 80.1 cm³/mol. The van der Waals surface area contributed by atoms with Crippen LogP contribution in [-0.4, -0.2) is 27.6 Å². The molecule has 0 unspecified atom stereocenters. The van der Waals surface area contributed by atoms with Crippen LogP contribution in [0.3, 0.4) is 0 Å². The minimum absolute atomic E-state index is 0.104. The van der Waals surface area contributed by atoms with Gasteiger partial charge in [0.05, 0.1) is 5.69 Å². The van der Waals surface area contributed by atoms with Crippen molar-refractivity contribution in [2.24, 2.45) is 0 Å². The van der Waals surface area contributed by atoms with Gasteiger partial charge in [0.15, 0.2) is 9.47 Å². The van der Waals surface area contributed by atoms with Crippen molar-refractivity contribution in [2.75, 3.05) is 17.2 Å². The summed E-state index contributed by atoms with van der Waals surface area (Å²) in [6.45, 7) is 4.33. The van der Waals surface area contributed by atoms with E-state index in [1.165, 1.54) is 29.6 Å². The number of nitrogens with zero attached hydrogens (tertiary/aromatic N) is 3. The molecule has 0 saturated heterocycles. The topological polar surface area (TPSA) is 79.8 Å². The molecule has 0 aliphatic heterocycles. The number of hydrogen-bond acceptors (Lipinski definition) is 8. The van der Waals surface area contributed by atoms with Crippen molar-refractivity contribution >= 4 is 50.6 Å². The monoisotopic (exact) mass is 315 g/mol. The average Bonchev–Trinajstić information content (AvgIpc) is 2.96. The lowest BCUT2D eigenvalue weighted by Crippen LogP contribution is -2.05. The predicted octanol–water partition coefficient (Wildman–Crippen LogP) is 2.68. The molecule has 19 heavy (non-hydrogen) atoms. The van der Waals surface area contributed by atoms with E-state index in [1.54, 1.807) is 11.8 Å². The number of anilines is 2. The highest BCUT2D eigenvalue weighted by Gasteiger charge is 2.07. The van der Waals surface area contributed by atoms with Crippen LogP contribution in [0.15, 0.2) is 9.72 Å². The first-order valence-electron chi connectivity index (χ1n) is 5.59. The molecule has 0 saturated carbocycles. The minimum atomic E-state index is -0.104. The molecule has 6 nitrogen and oxygen atoms in total. The van der Waals surface area contributed by atoms with Crippen LogP contribution < -0.4 is 10.6 Å². The molecule has 2 N–H and O–H groups in total. The summed E-state index contributed by atoms with van der Waals surface area (Å²) in [7, 11) is 0. The molecule has 0 aliphatic carbocycles. The van der Waals surface area contributed by atoms with Crippen molar-refractivity contribution in [3.63, 3.8) is 0 Å². The first-order valence-corrected chi connectivity index (χ1v) is 8.27. The van der Waals surface area contributed by atoms with E-state index in [0.29, 0.717) is 5.13 Å². The van der Waals surface area contributed by atoms with E-state index in [4.69, 9.17) is 0 Å². The molecule has 2 heterocycles. The van der Waals surface area contributed by atoms with E-state index in [0.717, 1.165) is 27.5 Å². The first-order chi connectivity index (χ1) is 9.17. The van der Waals surface area contributed by atoms with Gasteiger partial charge >= 0.3 is 0 Å². The quantitative estimate of drug-likeness (QED) is 0.798. The van der Waals surface area contributed by atoms with Gasteiger partial charge in [0.25, 0.3) is 0 Å². The molecule has 2 rings (SSSR count). The Hall–Kier alpha value is -1.19. The Morgan fingerprint density at radius 2 is 2.26 bits per heavy atom. The van der Waals surface area contributed by atoms with E-state index in [1.807, 2.05) is 12.3 Å². The summed E-state index contributed by atoms with van der Waals surface area (Å²) in [5.41, 5.74) is 0.930. The molecule has 9 heteroatoms. The lowest BCUT2D eigenvalue weighted by Gasteiger charge is -1.94. The Bertz CT molecular complexity index is 553. The Labute approximate surface area is 123 Å². The number of carbonyl (C=O) groups excluding carboxylic acids is 1. The fraction of sp³-hybridized carbons (Fsp3) is 0.400. The maximum absolute atomic E-state index is 10.9. The molecule has 0 fully saturated rings. The van der Waals surface area contributed by atoms with Crippen LogP contribution in [0.5, 0.6) is 0 Å². The van der Waals surface area contributed by atoms with Crippen molar-refractivity contribution in [1.82, 2.24) is 15.2 Å². The Balaban J connectivity index is 1.87. The van der Waals surface area contributed by atoms with Gasteiger partial charge in [0.1, 0.15) is 0 Å². The molecule has 0 atom stereocenters. The lowest BCUT2D eigenvalue weighted by atomic mass is 10.6. The van der Waals surface area contributed by atoms with Crippen molar-refractivity contribution in [3.05, 3.63) is 11.1 Å². The van der Waals surface area contributed by atoms with Crippen LogP contribution in [0.2, 0.25) is 0 Å². The van der Waals surface area contributed by atoms with Gasteiger partial charge in [-0.3, -0.25) is 4.79 Å². The van der Waals surface area contributed by atoms with Crippen LogP contribution >= 0.6 is 34.4 Å². The summed E-state index contributed by atoms with van der Waals surface area (Å²) in [5, 5.41) is 17.3. The standard InChI is InChI=1S/C10H13N5OS3/c1-3-11-8-14-15-10(19-8)18-5-7-4-17-9(13-7)12-6(2)16/h4H,3,5H2,1-2H3,(H,11,14)(H,12,13,16). The van der Waals surface area contributed by atoms with Crippen LogP contribution in [-0.2, 0) is 10.5 Å². The van der Waals surface area contributed by atoms with E-state index < -0.39 is 0 Å². The van der Waals surface area contributed by atoms with Gasteiger partial charge in [-0.2, -0.15) is 0 Å².